The molecule has 1 saturated carbocycles. The van der Waals surface area contributed by atoms with Crippen LogP contribution in [0.3, 0.4) is 0 Å². The fourth-order valence-electron chi connectivity index (χ4n) is 3.40. The number of hydrogen-bond donors (Lipinski definition) is 1. The van der Waals surface area contributed by atoms with Crippen molar-refractivity contribution in [3.8, 4) is 0 Å². The first kappa shape index (κ1) is 17.7. The molecule has 140 valence electrons. The second-order valence-corrected chi connectivity index (χ2v) is 6.95. The van der Waals surface area contributed by atoms with Crippen LogP contribution in [0.25, 0.3) is 0 Å². The lowest BCUT2D eigenvalue weighted by Gasteiger charge is -2.34. The fourth-order valence-corrected chi connectivity index (χ4v) is 3.56. The highest BCUT2D eigenvalue weighted by atomic mass is 35.5. The molecule has 2 aromatic rings. The lowest BCUT2D eigenvalue weighted by molar-refractivity contribution is -0.117. The van der Waals surface area contributed by atoms with Crippen LogP contribution in [0.4, 0.5) is 19.1 Å². The molecule has 0 saturated heterocycles. The summed E-state index contributed by atoms with van der Waals surface area (Å²) in [7, 11) is 0. The van der Waals surface area contributed by atoms with Gasteiger partial charge in [-0.25, -0.2) is 23.1 Å². The van der Waals surface area contributed by atoms with Crippen molar-refractivity contribution < 1.29 is 22.8 Å². The molecule has 1 spiro atoms. The zero-order chi connectivity index (χ0) is 19.3. The molecule has 0 unspecified atom stereocenters. The smallest absolute Gasteiger partial charge is 0.254 e. The Bertz CT molecular complexity index is 956. The summed E-state index contributed by atoms with van der Waals surface area (Å²) in [5, 5.41) is 2.15. The molecule has 10 heteroatoms. The Morgan fingerprint density at radius 1 is 1.33 bits per heavy atom. The van der Waals surface area contributed by atoms with Gasteiger partial charge in [-0.2, -0.15) is 0 Å². The van der Waals surface area contributed by atoms with E-state index in [1.54, 1.807) is 0 Å². The van der Waals surface area contributed by atoms with E-state index in [0.717, 1.165) is 17.3 Å². The molecular weight excluding hydrogens is 385 g/mol. The summed E-state index contributed by atoms with van der Waals surface area (Å²) in [5.74, 6) is -2.83. The Morgan fingerprint density at radius 2 is 2.00 bits per heavy atom. The van der Waals surface area contributed by atoms with E-state index in [-0.39, 0.29) is 35.1 Å². The number of nitrogens with one attached hydrogen (secondary N) is 1. The van der Waals surface area contributed by atoms with Gasteiger partial charge in [0.1, 0.15) is 18.5 Å². The highest BCUT2D eigenvalue weighted by molar-refractivity contribution is 6.31. The molecule has 2 aliphatic rings. The van der Waals surface area contributed by atoms with Gasteiger partial charge in [-0.05, 0) is 18.6 Å². The predicted octanol–water partition coefficient (Wildman–Crippen LogP) is 2.48. The molecule has 1 fully saturated rings. The van der Waals surface area contributed by atoms with Crippen molar-refractivity contribution in [3.05, 3.63) is 52.3 Å². The molecular formula is C17H12ClF3N4O2. The standard InChI is InChI=1S/C17H12ClF3N4O2/c18-10-2-1-9-13(14(10)21)17(3-11(17)20)7-25(15(9)27)6-12(26)24-16-22-4-8(19)5-23-16/h1-2,4-5,11H,3,6-7H2,(H,22,23,24,26)/t11-,17+/m1/s1. The molecule has 0 radical (unpaired) electrons. The van der Waals surface area contributed by atoms with Crippen molar-refractivity contribution in [1.82, 2.24) is 14.9 Å². The molecule has 2 amide bonds. The van der Waals surface area contributed by atoms with Gasteiger partial charge in [-0.15, -0.1) is 0 Å². The summed E-state index contributed by atoms with van der Waals surface area (Å²) in [6, 6.07) is 2.57. The van der Waals surface area contributed by atoms with E-state index in [4.69, 9.17) is 11.6 Å². The molecule has 6 nitrogen and oxygen atoms in total. The van der Waals surface area contributed by atoms with Crippen LogP contribution >= 0.6 is 11.6 Å². The van der Waals surface area contributed by atoms with Crippen LogP contribution in [-0.2, 0) is 10.2 Å². The third kappa shape index (κ3) is 2.91. The normalized spacial score (nSPS) is 23.3. The average Bonchev–Trinajstić information content (AvgIpc) is 3.26. The maximum Gasteiger partial charge on any atom is 0.254 e. The maximum absolute atomic E-state index is 14.5. The van der Waals surface area contributed by atoms with Gasteiger partial charge in [-0.1, -0.05) is 11.6 Å². The summed E-state index contributed by atoms with van der Waals surface area (Å²) in [4.78, 5) is 33.2. The number of anilines is 1. The molecule has 2 atom stereocenters. The monoisotopic (exact) mass is 396 g/mol. The molecule has 1 aromatic carbocycles. The molecule has 1 aliphatic carbocycles. The minimum atomic E-state index is -1.33. The van der Waals surface area contributed by atoms with Crippen LogP contribution < -0.4 is 5.32 Å². The number of carbonyl (C=O) groups is 2. The van der Waals surface area contributed by atoms with Gasteiger partial charge in [0.2, 0.25) is 11.9 Å². The first-order valence-electron chi connectivity index (χ1n) is 8.01. The first-order chi connectivity index (χ1) is 12.8. The molecule has 1 aromatic heterocycles. The minimum absolute atomic E-state index is 0.00543. The van der Waals surface area contributed by atoms with Crippen molar-refractivity contribution in [2.75, 3.05) is 18.4 Å². The van der Waals surface area contributed by atoms with Gasteiger partial charge in [0, 0.05) is 17.7 Å². The number of rotatable bonds is 3. The average molecular weight is 397 g/mol. The quantitative estimate of drug-likeness (QED) is 0.865. The highest BCUT2D eigenvalue weighted by Gasteiger charge is 2.62. The number of hydrogen-bond acceptors (Lipinski definition) is 4. The van der Waals surface area contributed by atoms with Crippen molar-refractivity contribution in [2.45, 2.75) is 18.0 Å². The molecule has 2 heterocycles. The number of alkyl halides is 1. The maximum atomic E-state index is 14.5. The summed E-state index contributed by atoms with van der Waals surface area (Å²) < 4.78 is 41.5. The van der Waals surface area contributed by atoms with E-state index >= 15 is 0 Å². The Kier molecular flexibility index (Phi) is 4.06. The Morgan fingerprint density at radius 3 is 2.63 bits per heavy atom. The summed E-state index contributed by atoms with van der Waals surface area (Å²) in [6.45, 7) is -0.549. The molecule has 4 rings (SSSR count). The second-order valence-electron chi connectivity index (χ2n) is 6.55. The first-order valence-corrected chi connectivity index (χ1v) is 8.39. The zero-order valence-electron chi connectivity index (χ0n) is 13.7. The number of amides is 2. The van der Waals surface area contributed by atoms with Gasteiger partial charge >= 0.3 is 0 Å². The van der Waals surface area contributed by atoms with Crippen LogP contribution in [0.2, 0.25) is 5.02 Å². The van der Waals surface area contributed by atoms with E-state index in [0.29, 0.717) is 0 Å². The van der Waals surface area contributed by atoms with Gasteiger partial charge < -0.3 is 4.90 Å². The van der Waals surface area contributed by atoms with Crippen LogP contribution in [-0.4, -0.2) is 45.9 Å². The Labute approximate surface area is 156 Å². The van der Waals surface area contributed by atoms with Gasteiger partial charge in [-0.3, -0.25) is 14.9 Å². The van der Waals surface area contributed by atoms with Crippen molar-refractivity contribution in [2.24, 2.45) is 0 Å². The van der Waals surface area contributed by atoms with Crippen molar-refractivity contribution >= 4 is 29.4 Å². The van der Waals surface area contributed by atoms with Gasteiger partial charge in [0.05, 0.1) is 22.8 Å². The van der Waals surface area contributed by atoms with E-state index in [1.165, 1.54) is 12.1 Å². The number of carbonyl (C=O) groups excluding carboxylic acids is 2. The van der Waals surface area contributed by atoms with E-state index in [2.05, 4.69) is 15.3 Å². The van der Waals surface area contributed by atoms with Gasteiger partial charge in [0.25, 0.3) is 5.91 Å². The zero-order valence-corrected chi connectivity index (χ0v) is 14.4. The van der Waals surface area contributed by atoms with Crippen molar-refractivity contribution in [3.63, 3.8) is 0 Å². The lowest BCUT2D eigenvalue weighted by atomic mass is 9.85. The largest absolute Gasteiger partial charge is 0.328 e. The lowest BCUT2D eigenvalue weighted by Crippen LogP contribution is -2.48. The predicted molar refractivity (Wildman–Crippen MR) is 89.1 cm³/mol. The Hall–Kier alpha value is -2.68. The number of halogens is 4. The molecule has 1 N–H and O–H groups in total. The van der Waals surface area contributed by atoms with Crippen LogP contribution in [0, 0.1) is 11.6 Å². The third-order valence-corrected chi connectivity index (χ3v) is 5.06. The van der Waals surface area contributed by atoms with E-state index in [9.17, 15) is 22.8 Å². The van der Waals surface area contributed by atoms with Crippen LogP contribution in [0.1, 0.15) is 22.3 Å². The van der Waals surface area contributed by atoms with E-state index < -0.39 is 41.6 Å². The topological polar surface area (TPSA) is 75.2 Å². The molecule has 27 heavy (non-hydrogen) atoms. The number of fused-ring (bicyclic) bond motifs is 2. The summed E-state index contributed by atoms with van der Waals surface area (Å²) >= 11 is 5.79. The number of benzene rings is 1. The number of nitrogens with zero attached hydrogens (tertiary/aromatic N) is 3. The minimum Gasteiger partial charge on any atom is -0.328 e. The summed E-state index contributed by atoms with van der Waals surface area (Å²) in [6.07, 6.45) is 0.474. The van der Waals surface area contributed by atoms with Gasteiger partial charge in [0.15, 0.2) is 5.82 Å². The van der Waals surface area contributed by atoms with Crippen molar-refractivity contribution in [1.29, 1.82) is 0 Å². The number of aromatic nitrogens is 2. The SMILES string of the molecule is O=C(CN1C[C@]2(C[C@H]2F)c2c(ccc(Cl)c2F)C1=O)Nc1ncc(F)cn1. The Balaban J connectivity index is 1.58. The fraction of sp³-hybridized carbons (Fsp3) is 0.294. The molecule has 1 aliphatic heterocycles. The van der Waals surface area contributed by atoms with Crippen LogP contribution in [0.15, 0.2) is 24.5 Å². The highest BCUT2D eigenvalue weighted by Crippen LogP contribution is 2.55. The third-order valence-electron chi connectivity index (χ3n) is 4.77. The van der Waals surface area contributed by atoms with Crippen LogP contribution in [0.5, 0.6) is 0 Å². The molecule has 0 bridgehead atoms. The summed E-state index contributed by atoms with van der Waals surface area (Å²) in [5.41, 5.74) is -1.22. The van der Waals surface area contributed by atoms with E-state index in [1.807, 2.05) is 0 Å². The second kappa shape index (κ2) is 6.19.